The Morgan fingerprint density at radius 2 is 1.42 bits per heavy atom. The molecular weight excluding hydrogens is 352 g/mol. The highest BCUT2D eigenvalue weighted by Crippen LogP contribution is 2.36. The Hall–Kier alpha value is -3.35. The van der Waals surface area contributed by atoms with E-state index in [1.807, 2.05) is 0 Å². The minimum absolute atomic E-state index is 0.0555. The van der Waals surface area contributed by atoms with Gasteiger partial charge in [-0.1, -0.05) is 6.07 Å². The van der Waals surface area contributed by atoms with Crippen LogP contribution in [0.1, 0.15) is 5.76 Å². The lowest BCUT2D eigenvalue weighted by Gasteiger charge is -2.04. The quantitative estimate of drug-likeness (QED) is 0.508. The Morgan fingerprint density at radius 1 is 0.846 bits per heavy atom. The number of halogens is 4. The molecule has 0 radical (unpaired) electrons. The summed E-state index contributed by atoms with van der Waals surface area (Å²) in [5.74, 6) is -5.38. The number of carbonyl (C=O) groups is 1. The smallest absolute Gasteiger partial charge is 0.328 e. The lowest BCUT2D eigenvalue weighted by atomic mass is 10.0. The van der Waals surface area contributed by atoms with E-state index in [1.54, 1.807) is 0 Å². The molecule has 0 amide bonds. The highest BCUT2D eigenvalue weighted by molar-refractivity contribution is 5.86. The average molecular weight is 362 g/mol. The van der Waals surface area contributed by atoms with E-state index in [-0.39, 0.29) is 28.2 Å². The molecule has 1 aromatic heterocycles. The van der Waals surface area contributed by atoms with E-state index in [0.29, 0.717) is 0 Å². The van der Waals surface area contributed by atoms with Crippen LogP contribution in [0.3, 0.4) is 0 Å². The summed E-state index contributed by atoms with van der Waals surface area (Å²) in [6.45, 7) is 0. The zero-order chi connectivity index (χ0) is 18.8. The monoisotopic (exact) mass is 362 g/mol. The maximum atomic E-state index is 13.6. The first kappa shape index (κ1) is 17.5. The van der Waals surface area contributed by atoms with Crippen LogP contribution in [-0.2, 0) is 4.79 Å². The topological polar surface area (TPSA) is 50.4 Å². The molecule has 1 heterocycles. The molecule has 0 aliphatic rings. The molecule has 3 nitrogen and oxygen atoms in total. The van der Waals surface area contributed by atoms with Crippen LogP contribution in [0.15, 0.2) is 53.0 Å². The molecule has 0 aliphatic heterocycles. The molecule has 0 fully saturated rings. The molecule has 0 saturated heterocycles. The van der Waals surface area contributed by atoms with E-state index < -0.39 is 29.2 Å². The van der Waals surface area contributed by atoms with Crippen LogP contribution < -0.4 is 0 Å². The van der Waals surface area contributed by atoms with Gasteiger partial charge in [-0.3, -0.25) is 0 Å². The standard InChI is InChI=1S/C19H10F4O3/c20-14-4-1-10(7-16(14)22)13-9-12(3-6-18(24)25)26-19(13)11-2-5-15(21)17(23)8-11/h1-9H,(H,24,25)/b6-3+. The lowest BCUT2D eigenvalue weighted by Crippen LogP contribution is -1.88. The number of carboxylic acids is 1. The van der Waals surface area contributed by atoms with E-state index in [2.05, 4.69) is 0 Å². The minimum atomic E-state index is -1.22. The summed E-state index contributed by atoms with van der Waals surface area (Å²) < 4.78 is 59.0. The Bertz CT molecular complexity index is 953. The number of aliphatic carboxylic acids is 1. The maximum Gasteiger partial charge on any atom is 0.328 e. The third kappa shape index (κ3) is 3.51. The normalized spacial score (nSPS) is 11.2. The van der Waals surface area contributed by atoms with E-state index in [4.69, 9.17) is 9.52 Å². The van der Waals surface area contributed by atoms with Gasteiger partial charge in [-0.15, -0.1) is 0 Å². The number of benzene rings is 2. The first-order chi connectivity index (χ1) is 12.3. The molecule has 0 bridgehead atoms. The third-order valence-corrected chi connectivity index (χ3v) is 3.55. The molecule has 0 atom stereocenters. The van der Waals surface area contributed by atoms with Crippen molar-refractivity contribution in [2.45, 2.75) is 0 Å². The molecular formula is C19H10F4O3. The SMILES string of the molecule is O=C(O)/C=C/c1cc(-c2ccc(F)c(F)c2)c(-c2ccc(F)c(F)c2)o1. The minimum Gasteiger partial charge on any atom is -0.478 e. The van der Waals surface area contributed by atoms with Gasteiger partial charge in [0.05, 0.1) is 0 Å². The van der Waals surface area contributed by atoms with E-state index in [1.165, 1.54) is 18.2 Å². The Balaban J connectivity index is 2.18. The molecule has 26 heavy (non-hydrogen) atoms. The van der Waals surface area contributed by atoms with Crippen molar-refractivity contribution in [3.8, 4) is 22.5 Å². The number of carboxylic acid groups (broad SMARTS) is 1. The van der Waals surface area contributed by atoms with Crippen molar-refractivity contribution < 1.29 is 31.9 Å². The Labute approximate surface area is 144 Å². The molecule has 132 valence electrons. The van der Waals surface area contributed by atoms with Crippen LogP contribution in [0.5, 0.6) is 0 Å². The number of rotatable bonds is 4. The predicted octanol–water partition coefficient (Wildman–Crippen LogP) is 5.27. The highest BCUT2D eigenvalue weighted by atomic mass is 19.2. The molecule has 0 unspecified atom stereocenters. The molecule has 1 N–H and O–H groups in total. The van der Waals surface area contributed by atoms with Gasteiger partial charge in [-0.25, -0.2) is 22.4 Å². The van der Waals surface area contributed by atoms with Crippen molar-refractivity contribution in [1.29, 1.82) is 0 Å². The van der Waals surface area contributed by atoms with Gasteiger partial charge in [0.25, 0.3) is 0 Å². The van der Waals surface area contributed by atoms with Gasteiger partial charge in [-0.2, -0.15) is 0 Å². The lowest BCUT2D eigenvalue weighted by molar-refractivity contribution is -0.131. The second kappa shape index (κ2) is 6.87. The van der Waals surface area contributed by atoms with Crippen LogP contribution in [0.2, 0.25) is 0 Å². The molecule has 0 saturated carbocycles. The van der Waals surface area contributed by atoms with Gasteiger partial charge >= 0.3 is 5.97 Å². The Morgan fingerprint density at radius 3 is 2.00 bits per heavy atom. The van der Waals surface area contributed by atoms with Crippen LogP contribution in [0, 0.1) is 23.3 Å². The second-order valence-electron chi connectivity index (χ2n) is 5.32. The fourth-order valence-corrected chi connectivity index (χ4v) is 2.38. The zero-order valence-corrected chi connectivity index (χ0v) is 13.0. The largest absolute Gasteiger partial charge is 0.478 e. The molecule has 2 aromatic carbocycles. The van der Waals surface area contributed by atoms with Gasteiger partial charge in [0, 0.05) is 17.2 Å². The van der Waals surface area contributed by atoms with Gasteiger partial charge in [0.1, 0.15) is 11.5 Å². The summed E-state index contributed by atoms with van der Waals surface area (Å²) in [5, 5.41) is 8.71. The summed E-state index contributed by atoms with van der Waals surface area (Å²) in [6, 6.07) is 7.57. The van der Waals surface area contributed by atoms with E-state index in [0.717, 1.165) is 36.4 Å². The van der Waals surface area contributed by atoms with Crippen LogP contribution >= 0.6 is 0 Å². The zero-order valence-electron chi connectivity index (χ0n) is 13.0. The van der Waals surface area contributed by atoms with Gasteiger partial charge in [-0.05, 0) is 48.0 Å². The third-order valence-electron chi connectivity index (χ3n) is 3.55. The first-order valence-electron chi connectivity index (χ1n) is 7.31. The molecule has 3 rings (SSSR count). The van der Waals surface area contributed by atoms with E-state index in [9.17, 15) is 22.4 Å². The van der Waals surface area contributed by atoms with Crippen molar-refractivity contribution in [3.05, 3.63) is 77.6 Å². The van der Waals surface area contributed by atoms with Crippen LogP contribution in [0.25, 0.3) is 28.5 Å². The van der Waals surface area contributed by atoms with Crippen molar-refractivity contribution >= 4 is 12.0 Å². The van der Waals surface area contributed by atoms with Gasteiger partial charge in [0.2, 0.25) is 0 Å². The number of furan rings is 1. The predicted molar refractivity (Wildman–Crippen MR) is 86.1 cm³/mol. The molecule has 3 aromatic rings. The van der Waals surface area contributed by atoms with Crippen molar-refractivity contribution in [1.82, 2.24) is 0 Å². The van der Waals surface area contributed by atoms with Crippen LogP contribution in [0.4, 0.5) is 17.6 Å². The summed E-state index contributed by atoms with van der Waals surface area (Å²) in [7, 11) is 0. The number of hydrogen-bond acceptors (Lipinski definition) is 2. The highest BCUT2D eigenvalue weighted by Gasteiger charge is 2.17. The van der Waals surface area contributed by atoms with Crippen LogP contribution in [-0.4, -0.2) is 11.1 Å². The summed E-state index contributed by atoms with van der Waals surface area (Å²) in [6.07, 6.45) is 1.97. The fourth-order valence-electron chi connectivity index (χ4n) is 2.38. The fraction of sp³-hybridized carbons (Fsp3) is 0. The molecule has 0 spiro atoms. The van der Waals surface area contributed by atoms with Gasteiger partial charge in [0.15, 0.2) is 23.3 Å². The summed E-state index contributed by atoms with van der Waals surface area (Å²) in [5.41, 5.74) is 0.640. The first-order valence-corrected chi connectivity index (χ1v) is 7.31. The average Bonchev–Trinajstić information content (AvgIpc) is 3.02. The van der Waals surface area contributed by atoms with Crippen molar-refractivity contribution in [3.63, 3.8) is 0 Å². The summed E-state index contributed by atoms with van der Waals surface area (Å²) >= 11 is 0. The number of hydrogen-bond donors (Lipinski definition) is 1. The van der Waals surface area contributed by atoms with E-state index >= 15 is 0 Å². The molecule has 7 heteroatoms. The maximum absolute atomic E-state index is 13.6. The van der Waals surface area contributed by atoms with Gasteiger partial charge < -0.3 is 9.52 Å². The van der Waals surface area contributed by atoms with Crippen molar-refractivity contribution in [2.75, 3.05) is 0 Å². The Kier molecular flexibility index (Phi) is 4.62. The van der Waals surface area contributed by atoms with Crippen molar-refractivity contribution in [2.24, 2.45) is 0 Å². The second-order valence-corrected chi connectivity index (χ2v) is 5.32. The molecule has 0 aliphatic carbocycles. The summed E-state index contributed by atoms with van der Waals surface area (Å²) in [4.78, 5) is 10.7.